The van der Waals surface area contributed by atoms with Crippen LogP contribution in [0.3, 0.4) is 0 Å². The summed E-state index contributed by atoms with van der Waals surface area (Å²) in [6, 6.07) is 20.2. The van der Waals surface area contributed by atoms with Gasteiger partial charge in [-0.3, -0.25) is 10.0 Å². The van der Waals surface area contributed by atoms with Crippen molar-refractivity contribution in [3.8, 4) is 0 Å². The summed E-state index contributed by atoms with van der Waals surface area (Å²) in [5.74, 6) is 0. The molecule has 2 aromatic carbocycles. The van der Waals surface area contributed by atoms with E-state index in [1.54, 1.807) is 0 Å². The molecule has 0 aliphatic carbocycles. The van der Waals surface area contributed by atoms with E-state index in [2.05, 4.69) is 5.53 Å². The Labute approximate surface area is 117 Å². The Bertz CT molecular complexity index is 568. The standard InChI is InChI=1S/C15H14ClN3/c16-13-11-18(14-7-3-1-4-8-14)17-19(12-13)15-9-5-2-6-10-15/h1-11,17H,12H2. The number of para-hydroxylation sites is 2. The summed E-state index contributed by atoms with van der Waals surface area (Å²) in [5, 5.41) is 4.71. The van der Waals surface area contributed by atoms with Crippen molar-refractivity contribution in [1.82, 2.24) is 5.53 Å². The molecule has 3 nitrogen and oxygen atoms in total. The first-order valence-corrected chi connectivity index (χ1v) is 6.50. The molecule has 0 radical (unpaired) electrons. The van der Waals surface area contributed by atoms with Gasteiger partial charge in [0.15, 0.2) is 0 Å². The van der Waals surface area contributed by atoms with E-state index in [1.165, 1.54) is 0 Å². The first-order chi connectivity index (χ1) is 9.33. The third kappa shape index (κ3) is 2.72. The fourth-order valence-corrected chi connectivity index (χ4v) is 2.22. The maximum absolute atomic E-state index is 6.24. The van der Waals surface area contributed by atoms with Crippen LogP contribution in [0.2, 0.25) is 0 Å². The molecule has 2 aromatic rings. The first-order valence-electron chi connectivity index (χ1n) is 6.12. The molecule has 0 saturated carbocycles. The van der Waals surface area contributed by atoms with Gasteiger partial charge in [-0.05, 0) is 24.3 Å². The summed E-state index contributed by atoms with van der Waals surface area (Å²) in [5.41, 5.74) is 5.44. The second-order valence-electron chi connectivity index (χ2n) is 4.30. The molecule has 0 atom stereocenters. The smallest absolute Gasteiger partial charge is 0.0735 e. The van der Waals surface area contributed by atoms with Crippen LogP contribution >= 0.6 is 11.6 Å². The molecule has 0 aromatic heterocycles. The normalized spacial score (nSPS) is 15.3. The van der Waals surface area contributed by atoms with Gasteiger partial charge in [-0.2, -0.15) is 0 Å². The van der Waals surface area contributed by atoms with E-state index in [-0.39, 0.29) is 0 Å². The van der Waals surface area contributed by atoms with Crippen LogP contribution < -0.4 is 15.6 Å². The van der Waals surface area contributed by atoms with Crippen molar-refractivity contribution in [3.05, 3.63) is 71.9 Å². The van der Waals surface area contributed by atoms with Crippen LogP contribution in [0.1, 0.15) is 0 Å². The monoisotopic (exact) mass is 271 g/mol. The molecule has 19 heavy (non-hydrogen) atoms. The quantitative estimate of drug-likeness (QED) is 0.902. The Morgan fingerprint density at radius 3 is 2.05 bits per heavy atom. The molecule has 1 aliphatic heterocycles. The van der Waals surface area contributed by atoms with Gasteiger partial charge in [-0.25, -0.2) is 0 Å². The molecule has 0 unspecified atom stereocenters. The van der Waals surface area contributed by atoms with Crippen LogP contribution in [-0.4, -0.2) is 6.54 Å². The van der Waals surface area contributed by atoms with Gasteiger partial charge in [0.1, 0.15) is 0 Å². The lowest BCUT2D eigenvalue weighted by molar-refractivity contribution is 0.633. The van der Waals surface area contributed by atoms with Crippen LogP contribution in [-0.2, 0) is 0 Å². The van der Waals surface area contributed by atoms with E-state index in [9.17, 15) is 0 Å². The molecule has 0 bridgehead atoms. The lowest BCUT2D eigenvalue weighted by atomic mass is 10.3. The van der Waals surface area contributed by atoms with Gasteiger partial charge < -0.3 is 0 Å². The average Bonchev–Trinajstić information content (AvgIpc) is 2.48. The molecule has 1 aliphatic rings. The Morgan fingerprint density at radius 2 is 1.42 bits per heavy atom. The van der Waals surface area contributed by atoms with Crippen LogP contribution in [0.15, 0.2) is 71.9 Å². The Morgan fingerprint density at radius 1 is 0.842 bits per heavy atom. The highest BCUT2D eigenvalue weighted by Gasteiger charge is 2.17. The Kier molecular flexibility index (Phi) is 3.40. The predicted molar refractivity (Wildman–Crippen MR) is 79.8 cm³/mol. The van der Waals surface area contributed by atoms with Crippen molar-refractivity contribution in [2.24, 2.45) is 0 Å². The number of rotatable bonds is 2. The van der Waals surface area contributed by atoms with Gasteiger partial charge in [0.25, 0.3) is 0 Å². The van der Waals surface area contributed by atoms with Gasteiger partial charge in [0.2, 0.25) is 0 Å². The maximum Gasteiger partial charge on any atom is 0.0735 e. The summed E-state index contributed by atoms with van der Waals surface area (Å²) >= 11 is 6.24. The molecular weight excluding hydrogens is 258 g/mol. The van der Waals surface area contributed by atoms with Crippen molar-refractivity contribution in [1.29, 1.82) is 0 Å². The number of benzene rings is 2. The topological polar surface area (TPSA) is 18.5 Å². The number of nitrogens with one attached hydrogen (secondary N) is 1. The van der Waals surface area contributed by atoms with Crippen LogP contribution in [0.25, 0.3) is 0 Å². The molecule has 1 N–H and O–H groups in total. The van der Waals surface area contributed by atoms with E-state index < -0.39 is 0 Å². The third-order valence-corrected chi connectivity index (χ3v) is 3.13. The van der Waals surface area contributed by atoms with Gasteiger partial charge in [0.05, 0.1) is 23.0 Å². The number of halogens is 1. The van der Waals surface area contributed by atoms with E-state index in [1.807, 2.05) is 76.9 Å². The summed E-state index contributed by atoms with van der Waals surface area (Å²) in [6.07, 6.45) is 1.90. The van der Waals surface area contributed by atoms with Crippen molar-refractivity contribution in [3.63, 3.8) is 0 Å². The summed E-state index contributed by atoms with van der Waals surface area (Å²) in [7, 11) is 0. The minimum Gasteiger partial charge on any atom is -0.285 e. The third-order valence-electron chi connectivity index (χ3n) is 2.91. The second kappa shape index (κ2) is 5.34. The van der Waals surface area contributed by atoms with E-state index >= 15 is 0 Å². The molecular formula is C15H14ClN3. The lowest BCUT2D eigenvalue weighted by Gasteiger charge is -2.36. The Balaban J connectivity index is 1.87. The molecule has 1 heterocycles. The zero-order valence-electron chi connectivity index (χ0n) is 10.3. The van der Waals surface area contributed by atoms with Crippen LogP contribution in [0.4, 0.5) is 11.4 Å². The largest absolute Gasteiger partial charge is 0.285 e. The van der Waals surface area contributed by atoms with Crippen molar-refractivity contribution < 1.29 is 0 Å². The summed E-state index contributed by atoms with van der Waals surface area (Å²) in [6.45, 7) is 0.648. The van der Waals surface area contributed by atoms with Crippen LogP contribution in [0, 0.1) is 0 Å². The SMILES string of the molecule is ClC1=CN(c2ccccc2)NN(c2ccccc2)C1. The van der Waals surface area contributed by atoms with Crippen LogP contribution in [0.5, 0.6) is 0 Å². The first kappa shape index (κ1) is 12.1. The molecule has 0 spiro atoms. The number of nitrogens with zero attached hydrogens (tertiary/aromatic N) is 2. The van der Waals surface area contributed by atoms with Crippen molar-refractivity contribution in [2.45, 2.75) is 0 Å². The fourth-order valence-electron chi connectivity index (χ4n) is 2.00. The highest BCUT2D eigenvalue weighted by Crippen LogP contribution is 2.22. The summed E-state index contributed by atoms with van der Waals surface area (Å²) < 4.78 is 0. The molecule has 4 heteroatoms. The molecule has 0 fully saturated rings. The van der Waals surface area contributed by atoms with E-state index in [0.717, 1.165) is 16.4 Å². The Hall–Kier alpha value is -1.97. The fraction of sp³-hybridized carbons (Fsp3) is 0.0667. The van der Waals surface area contributed by atoms with E-state index in [4.69, 9.17) is 11.6 Å². The molecule has 0 saturated heterocycles. The molecule has 0 amide bonds. The number of anilines is 2. The predicted octanol–water partition coefficient (Wildman–Crippen LogP) is 3.51. The number of hydrogen-bond acceptors (Lipinski definition) is 3. The maximum atomic E-state index is 6.24. The lowest BCUT2D eigenvalue weighted by Crippen LogP contribution is -2.51. The zero-order chi connectivity index (χ0) is 13.1. The second-order valence-corrected chi connectivity index (χ2v) is 4.79. The minimum absolute atomic E-state index is 0.648. The molecule has 96 valence electrons. The van der Waals surface area contributed by atoms with Crippen molar-refractivity contribution in [2.75, 3.05) is 16.6 Å². The number of hydrazine groups is 2. The van der Waals surface area contributed by atoms with Crippen molar-refractivity contribution >= 4 is 23.0 Å². The van der Waals surface area contributed by atoms with E-state index in [0.29, 0.717) is 6.54 Å². The van der Waals surface area contributed by atoms with Gasteiger partial charge in [-0.15, -0.1) is 5.53 Å². The van der Waals surface area contributed by atoms with Gasteiger partial charge in [0, 0.05) is 6.20 Å². The summed E-state index contributed by atoms with van der Waals surface area (Å²) in [4.78, 5) is 0. The van der Waals surface area contributed by atoms with Gasteiger partial charge >= 0.3 is 0 Å². The zero-order valence-corrected chi connectivity index (χ0v) is 11.1. The number of hydrogen-bond donors (Lipinski definition) is 1. The highest BCUT2D eigenvalue weighted by atomic mass is 35.5. The van der Waals surface area contributed by atoms with Gasteiger partial charge in [-0.1, -0.05) is 48.0 Å². The average molecular weight is 272 g/mol. The highest BCUT2D eigenvalue weighted by molar-refractivity contribution is 6.30. The molecule has 3 rings (SSSR count). The minimum atomic E-state index is 0.648.